The first kappa shape index (κ1) is 23.4. The van der Waals surface area contributed by atoms with Crippen LogP contribution in [0.3, 0.4) is 0 Å². The SMILES string of the molecule is CCCC1CCC(c2ccc(COc3ccc(-c4ccc(C)c(F)c4)cc3)c(F)c2F)CC1. The van der Waals surface area contributed by atoms with Crippen LogP contribution in [0.4, 0.5) is 13.2 Å². The van der Waals surface area contributed by atoms with Crippen LogP contribution in [0.1, 0.15) is 68.1 Å². The van der Waals surface area contributed by atoms with Gasteiger partial charge in [-0.15, -0.1) is 0 Å². The molecule has 1 aliphatic carbocycles. The second kappa shape index (κ2) is 10.5. The Labute approximate surface area is 194 Å². The highest BCUT2D eigenvalue weighted by Gasteiger charge is 2.26. The minimum atomic E-state index is -0.810. The lowest BCUT2D eigenvalue weighted by Gasteiger charge is -2.29. The van der Waals surface area contributed by atoms with Crippen molar-refractivity contribution < 1.29 is 17.9 Å². The molecule has 3 aromatic carbocycles. The second-order valence-corrected chi connectivity index (χ2v) is 9.23. The second-order valence-electron chi connectivity index (χ2n) is 9.23. The molecule has 4 heteroatoms. The number of aryl methyl sites for hydroxylation is 1. The van der Waals surface area contributed by atoms with Crippen molar-refractivity contribution in [2.75, 3.05) is 0 Å². The molecule has 0 bridgehead atoms. The fourth-order valence-electron chi connectivity index (χ4n) is 4.88. The maximum atomic E-state index is 14.9. The van der Waals surface area contributed by atoms with Gasteiger partial charge in [-0.3, -0.25) is 0 Å². The summed E-state index contributed by atoms with van der Waals surface area (Å²) in [5.74, 6) is -0.418. The minimum Gasteiger partial charge on any atom is -0.489 e. The highest BCUT2D eigenvalue weighted by atomic mass is 19.2. The fourth-order valence-corrected chi connectivity index (χ4v) is 4.88. The van der Waals surface area contributed by atoms with E-state index in [1.807, 2.05) is 18.2 Å². The van der Waals surface area contributed by atoms with Crippen molar-refractivity contribution >= 4 is 0 Å². The maximum Gasteiger partial charge on any atom is 0.165 e. The summed E-state index contributed by atoms with van der Waals surface area (Å²) >= 11 is 0. The number of hydrogen-bond acceptors (Lipinski definition) is 1. The van der Waals surface area contributed by atoms with Gasteiger partial charge in [0.05, 0.1) is 0 Å². The molecule has 0 heterocycles. The lowest BCUT2D eigenvalue weighted by Crippen LogP contribution is -2.15. The summed E-state index contributed by atoms with van der Waals surface area (Å²) in [4.78, 5) is 0. The van der Waals surface area contributed by atoms with E-state index >= 15 is 0 Å². The van der Waals surface area contributed by atoms with E-state index in [0.717, 1.165) is 42.7 Å². The van der Waals surface area contributed by atoms with Crippen molar-refractivity contribution in [2.24, 2.45) is 5.92 Å². The number of halogens is 3. The molecule has 1 aliphatic rings. The molecule has 3 aromatic rings. The summed E-state index contributed by atoms with van der Waals surface area (Å²) < 4.78 is 49.2. The van der Waals surface area contributed by atoms with E-state index < -0.39 is 11.6 Å². The van der Waals surface area contributed by atoms with Gasteiger partial charge in [0.15, 0.2) is 11.6 Å². The van der Waals surface area contributed by atoms with E-state index in [4.69, 9.17) is 4.74 Å². The van der Waals surface area contributed by atoms with Crippen molar-refractivity contribution in [1.82, 2.24) is 0 Å². The zero-order valence-corrected chi connectivity index (χ0v) is 19.3. The first-order chi connectivity index (χ1) is 16.0. The molecule has 1 saturated carbocycles. The quantitative estimate of drug-likeness (QED) is 0.348. The van der Waals surface area contributed by atoms with Gasteiger partial charge in [-0.25, -0.2) is 13.2 Å². The number of benzene rings is 3. The van der Waals surface area contributed by atoms with Crippen LogP contribution in [-0.4, -0.2) is 0 Å². The van der Waals surface area contributed by atoms with Gasteiger partial charge in [-0.1, -0.05) is 56.2 Å². The fraction of sp³-hybridized carbons (Fsp3) is 0.379. The van der Waals surface area contributed by atoms with Gasteiger partial charge in [0.2, 0.25) is 0 Å². The lowest BCUT2D eigenvalue weighted by molar-refractivity contribution is 0.292. The van der Waals surface area contributed by atoms with Gasteiger partial charge in [-0.2, -0.15) is 0 Å². The highest BCUT2D eigenvalue weighted by molar-refractivity contribution is 5.64. The predicted octanol–water partition coefficient (Wildman–Crippen LogP) is 8.73. The third-order valence-electron chi connectivity index (χ3n) is 6.93. The first-order valence-corrected chi connectivity index (χ1v) is 11.9. The molecule has 0 spiro atoms. The minimum absolute atomic E-state index is 0.0508. The molecule has 0 radical (unpaired) electrons. The van der Waals surface area contributed by atoms with Crippen LogP contribution in [-0.2, 0) is 6.61 Å². The summed E-state index contributed by atoms with van der Waals surface area (Å²) in [6.45, 7) is 3.87. The smallest absolute Gasteiger partial charge is 0.165 e. The molecule has 174 valence electrons. The molecule has 1 fully saturated rings. The zero-order valence-electron chi connectivity index (χ0n) is 19.3. The van der Waals surface area contributed by atoms with Crippen molar-refractivity contribution in [3.63, 3.8) is 0 Å². The third kappa shape index (κ3) is 5.43. The molecule has 4 rings (SSSR count). The largest absolute Gasteiger partial charge is 0.489 e. The van der Waals surface area contributed by atoms with Crippen LogP contribution in [0.5, 0.6) is 5.75 Å². The number of ether oxygens (including phenoxy) is 1. The Morgan fingerprint density at radius 2 is 1.52 bits per heavy atom. The third-order valence-corrected chi connectivity index (χ3v) is 6.93. The predicted molar refractivity (Wildman–Crippen MR) is 127 cm³/mol. The lowest BCUT2D eigenvalue weighted by atomic mass is 9.77. The van der Waals surface area contributed by atoms with E-state index in [2.05, 4.69) is 6.92 Å². The van der Waals surface area contributed by atoms with Crippen LogP contribution in [0.15, 0.2) is 54.6 Å². The van der Waals surface area contributed by atoms with E-state index in [1.165, 1.54) is 18.9 Å². The average Bonchev–Trinajstić information content (AvgIpc) is 2.83. The van der Waals surface area contributed by atoms with E-state index in [0.29, 0.717) is 16.9 Å². The van der Waals surface area contributed by atoms with Crippen molar-refractivity contribution in [3.05, 3.63) is 88.7 Å². The zero-order chi connectivity index (χ0) is 23.4. The Hall–Kier alpha value is -2.75. The van der Waals surface area contributed by atoms with Crippen LogP contribution in [0.2, 0.25) is 0 Å². The standard InChI is InChI=1S/C29H31F3O/c1-3-4-20-6-9-22(10-7-20)26-16-13-24(28(31)29(26)32)18-33-25-14-11-21(12-15-25)23-8-5-19(2)27(30)17-23/h5,8,11-17,20,22H,3-4,6-7,9-10,18H2,1-2H3. The monoisotopic (exact) mass is 452 g/mol. The van der Waals surface area contributed by atoms with Gasteiger partial charge >= 0.3 is 0 Å². The van der Waals surface area contributed by atoms with Gasteiger partial charge < -0.3 is 4.74 Å². The van der Waals surface area contributed by atoms with Gasteiger partial charge in [-0.05, 0) is 84.9 Å². The molecule has 0 aromatic heterocycles. The van der Waals surface area contributed by atoms with Crippen molar-refractivity contribution in [2.45, 2.75) is 64.9 Å². The molecule has 0 atom stereocenters. The summed E-state index contributed by atoms with van der Waals surface area (Å²) in [5.41, 5.74) is 2.94. The molecular formula is C29H31F3O. The Bertz CT molecular complexity index is 1080. The van der Waals surface area contributed by atoms with Crippen molar-refractivity contribution in [3.8, 4) is 16.9 Å². The summed E-state index contributed by atoms with van der Waals surface area (Å²) in [6, 6.07) is 15.7. The van der Waals surface area contributed by atoms with Gasteiger partial charge in [0.25, 0.3) is 0 Å². The summed E-state index contributed by atoms with van der Waals surface area (Å²) in [7, 11) is 0. The Morgan fingerprint density at radius 3 is 2.18 bits per heavy atom. The molecule has 0 saturated heterocycles. The molecule has 0 unspecified atom stereocenters. The van der Waals surface area contributed by atoms with Crippen LogP contribution < -0.4 is 4.74 Å². The van der Waals surface area contributed by atoms with Gasteiger partial charge in [0, 0.05) is 5.56 Å². The molecule has 0 N–H and O–H groups in total. The Morgan fingerprint density at radius 1 is 0.818 bits per heavy atom. The normalized spacial score (nSPS) is 18.3. The topological polar surface area (TPSA) is 9.23 Å². The first-order valence-electron chi connectivity index (χ1n) is 11.9. The van der Waals surface area contributed by atoms with Crippen LogP contribution in [0, 0.1) is 30.3 Å². The van der Waals surface area contributed by atoms with E-state index in [1.54, 1.807) is 37.3 Å². The Balaban J connectivity index is 1.39. The molecular weight excluding hydrogens is 421 g/mol. The highest BCUT2D eigenvalue weighted by Crippen LogP contribution is 2.39. The van der Waals surface area contributed by atoms with Crippen LogP contribution >= 0.6 is 0 Å². The molecule has 0 amide bonds. The molecule has 0 aliphatic heterocycles. The summed E-state index contributed by atoms with van der Waals surface area (Å²) in [5, 5.41) is 0. The van der Waals surface area contributed by atoms with Crippen LogP contribution in [0.25, 0.3) is 11.1 Å². The summed E-state index contributed by atoms with van der Waals surface area (Å²) in [6.07, 6.45) is 6.44. The van der Waals surface area contributed by atoms with Crippen molar-refractivity contribution in [1.29, 1.82) is 0 Å². The van der Waals surface area contributed by atoms with E-state index in [9.17, 15) is 13.2 Å². The maximum absolute atomic E-state index is 14.9. The number of rotatable bonds is 7. The Kier molecular flexibility index (Phi) is 7.42. The number of hydrogen-bond donors (Lipinski definition) is 0. The van der Waals surface area contributed by atoms with Gasteiger partial charge in [0.1, 0.15) is 18.2 Å². The molecule has 33 heavy (non-hydrogen) atoms. The van der Waals surface area contributed by atoms with E-state index in [-0.39, 0.29) is 23.9 Å². The molecule has 1 nitrogen and oxygen atoms in total. The average molecular weight is 453 g/mol.